The van der Waals surface area contributed by atoms with E-state index in [1.54, 1.807) is 18.3 Å². The first-order valence-electron chi connectivity index (χ1n) is 6.68. The second kappa shape index (κ2) is 5.74. The van der Waals surface area contributed by atoms with Crippen molar-refractivity contribution >= 4 is 28.4 Å². The van der Waals surface area contributed by atoms with Crippen molar-refractivity contribution in [2.45, 2.75) is 17.1 Å². The summed E-state index contributed by atoms with van der Waals surface area (Å²) in [5.41, 5.74) is 1.66. The highest BCUT2D eigenvalue weighted by Crippen LogP contribution is 2.28. The van der Waals surface area contributed by atoms with Gasteiger partial charge in [0.05, 0.1) is 5.25 Å². The lowest BCUT2D eigenvalue weighted by Crippen LogP contribution is -2.12. The highest BCUT2D eigenvalue weighted by Gasteiger charge is 2.19. The number of aromatic amines is 1. The van der Waals surface area contributed by atoms with Crippen LogP contribution in [0.1, 0.15) is 17.3 Å². The number of nitrogens with one attached hydrogen (secondary N) is 1. The molecule has 0 fully saturated rings. The maximum Gasteiger partial charge on any atom is 0.178 e. The minimum absolute atomic E-state index is 0.0711. The van der Waals surface area contributed by atoms with E-state index in [9.17, 15) is 9.18 Å². The summed E-state index contributed by atoms with van der Waals surface area (Å²) in [5, 5.41) is 0.712. The molecule has 2 nitrogen and oxygen atoms in total. The molecule has 0 amide bonds. The van der Waals surface area contributed by atoms with Crippen molar-refractivity contribution in [3.8, 4) is 0 Å². The Morgan fingerprint density at radius 2 is 1.86 bits per heavy atom. The molecule has 0 bridgehead atoms. The van der Waals surface area contributed by atoms with Crippen LogP contribution in [0.4, 0.5) is 4.39 Å². The molecule has 1 heterocycles. The molecule has 0 aliphatic heterocycles. The van der Waals surface area contributed by atoms with Gasteiger partial charge in [-0.15, -0.1) is 11.8 Å². The largest absolute Gasteiger partial charge is 0.360 e. The second-order valence-electron chi connectivity index (χ2n) is 4.83. The molecule has 0 saturated carbocycles. The Balaban J connectivity index is 1.82. The van der Waals surface area contributed by atoms with Crippen LogP contribution in [0, 0.1) is 5.82 Å². The van der Waals surface area contributed by atoms with Crippen LogP contribution >= 0.6 is 11.8 Å². The SMILES string of the molecule is C[C@@H](Sc1ccc(F)cc1)C(=O)c1c[nH]c2ccccc12. The third-order valence-corrected chi connectivity index (χ3v) is 4.46. The van der Waals surface area contributed by atoms with E-state index in [2.05, 4.69) is 4.98 Å². The van der Waals surface area contributed by atoms with Crippen LogP contribution in [-0.4, -0.2) is 16.0 Å². The van der Waals surface area contributed by atoms with Gasteiger partial charge in [-0.2, -0.15) is 0 Å². The Hall–Kier alpha value is -2.07. The van der Waals surface area contributed by atoms with Crippen LogP contribution < -0.4 is 0 Å². The number of aromatic nitrogens is 1. The van der Waals surface area contributed by atoms with Crippen LogP contribution in [0.15, 0.2) is 59.6 Å². The third-order valence-electron chi connectivity index (χ3n) is 3.35. The molecule has 0 aliphatic carbocycles. The maximum atomic E-state index is 12.9. The van der Waals surface area contributed by atoms with Gasteiger partial charge in [-0.05, 0) is 37.3 Å². The smallest absolute Gasteiger partial charge is 0.178 e. The van der Waals surface area contributed by atoms with E-state index in [0.29, 0.717) is 5.56 Å². The van der Waals surface area contributed by atoms with E-state index in [1.807, 2.05) is 31.2 Å². The van der Waals surface area contributed by atoms with Gasteiger partial charge >= 0.3 is 0 Å². The van der Waals surface area contributed by atoms with Crippen molar-refractivity contribution in [1.29, 1.82) is 0 Å². The van der Waals surface area contributed by atoms with Crippen LogP contribution in [0.2, 0.25) is 0 Å². The van der Waals surface area contributed by atoms with E-state index >= 15 is 0 Å². The van der Waals surface area contributed by atoms with Gasteiger partial charge in [0, 0.05) is 27.6 Å². The lowest BCUT2D eigenvalue weighted by atomic mass is 10.1. The van der Waals surface area contributed by atoms with E-state index in [-0.39, 0.29) is 16.9 Å². The Labute approximate surface area is 126 Å². The third kappa shape index (κ3) is 2.85. The fraction of sp³-hybridized carbons (Fsp3) is 0.118. The number of para-hydroxylation sites is 1. The fourth-order valence-electron chi connectivity index (χ4n) is 2.27. The molecule has 1 atom stereocenters. The molecule has 1 N–H and O–H groups in total. The first-order valence-corrected chi connectivity index (χ1v) is 7.55. The number of H-pyrrole nitrogens is 1. The van der Waals surface area contributed by atoms with Gasteiger partial charge in [0.2, 0.25) is 0 Å². The van der Waals surface area contributed by atoms with Crippen molar-refractivity contribution in [2.24, 2.45) is 0 Å². The first-order chi connectivity index (χ1) is 10.1. The predicted octanol–water partition coefficient (Wildman–Crippen LogP) is 4.67. The van der Waals surface area contributed by atoms with Crippen molar-refractivity contribution in [1.82, 2.24) is 4.98 Å². The van der Waals surface area contributed by atoms with Crippen LogP contribution in [-0.2, 0) is 0 Å². The number of rotatable bonds is 4. The number of hydrogen-bond acceptors (Lipinski definition) is 2. The van der Waals surface area contributed by atoms with Crippen molar-refractivity contribution < 1.29 is 9.18 Å². The predicted molar refractivity (Wildman–Crippen MR) is 84.3 cm³/mol. The standard InChI is InChI=1S/C17H14FNOS/c1-11(21-13-8-6-12(18)7-9-13)17(20)15-10-19-16-5-3-2-4-14(15)16/h2-11,19H,1H3/t11-/m1/s1. The lowest BCUT2D eigenvalue weighted by molar-refractivity contribution is 0.0995. The van der Waals surface area contributed by atoms with Crippen LogP contribution in [0.3, 0.4) is 0 Å². The highest BCUT2D eigenvalue weighted by atomic mass is 32.2. The van der Waals surface area contributed by atoms with Gasteiger partial charge in [-0.3, -0.25) is 4.79 Å². The van der Waals surface area contributed by atoms with Crippen molar-refractivity contribution in [3.63, 3.8) is 0 Å². The van der Waals surface area contributed by atoms with Gasteiger partial charge in [0.25, 0.3) is 0 Å². The summed E-state index contributed by atoms with van der Waals surface area (Å²) in [7, 11) is 0. The van der Waals surface area contributed by atoms with Crippen LogP contribution in [0.25, 0.3) is 10.9 Å². The van der Waals surface area contributed by atoms with Crippen molar-refractivity contribution in [2.75, 3.05) is 0 Å². The molecule has 0 saturated heterocycles. The van der Waals surface area contributed by atoms with Crippen LogP contribution in [0.5, 0.6) is 0 Å². The number of halogens is 1. The van der Waals surface area contributed by atoms with Gasteiger partial charge in [0.15, 0.2) is 5.78 Å². The van der Waals surface area contributed by atoms with E-state index in [4.69, 9.17) is 0 Å². The fourth-order valence-corrected chi connectivity index (χ4v) is 3.20. The molecule has 3 rings (SSSR count). The topological polar surface area (TPSA) is 32.9 Å². The minimum atomic E-state index is -0.269. The zero-order chi connectivity index (χ0) is 14.8. The normalized spacial score (nSPS) is 12.5. The molecule has 4 heteroatoms. The monoisotopic (exact) mass is 299 g/mol. The number of Topliss-reactive ketones (excluding diaryl/α,β-unsaturated/α-hetero) is 1. The number of carbonyl (C=O) groups excluding carboxylic acids is 1. The number of thioether (sulfide) groups is 1. The van der Waals surface area contributed by atoms with Crippen molar-refractivity contribution in [3.05, 3.63) is 66.1 Å². The number of benzene rings is 2. The molecule has 0 unspecified atom stereocenters. The molecule has 106 valence electrons. The van der Waals surface area contributed by atoms with Gasteiger partial charge in [0.1, 0.15) is 5.82 Å². The Kier molecular flexibility index (Phi) is 3.80. The zero-order valence-electron chi connectivity index (χ0n) is 11.5. The summed E-state index contributed by atoms with van der Waals surface area (Å²) in [5.74, 6) is -0.197. The number of fused-ring (bicyclic) bond motifs is 1. The molecule has 1 aromatic heterocycles. The Bertz CT molecular complexity index is 779. The lowest BCUT2D eigenvalue weighted by Gasteiger charge is -2.09. The molecule has 21 heavy (non-hydrogen) atoms. The minimum Gasteiger partial charge on any atom is -0.360 e. The molecule has 2 aromatic carbocycles. The quantitative estimate of drug-likeness (QED) is 0.561. The van der Waals surface area contributed by atoms with E-state index in [1.165, 1.54) is 23.9 Å². The molecule has 3 aromatic rings. The molecule has 0 aliphatic rings. The summed E-state index contributed by atoms with van der Waals surface area (Å²) in [4.78, 5) is 16.6. The number of carbonyl (C=O) groups is 1. The zero-order valence-corrected chi connectivity index (χ0v) is 12.3. The number of hydrogen-bond donors (Lipinski definition) is 1. The summed E-state index contributed by atoms with van der Waals surface area (Å²) in [6, 6.07) is 13.9. The Morgan fingerprint density at radius 1 is 1.14 bits per heavy atom. The van der Waals surface area contributed by atoms with Gasteiger partial charge in [-0.1, -0.05) is 18.2 Å². The summed E-state index contributed by atoms with van der Waals surface area (Å²) < 4.78 is 12.9. The molecule has 0 radical (unpaired) electrons. The Morgan fingerprint density at radius 3 is 2.62 bits per heavy atom. The first kappa shape index (κ1) is 13.9. The molecular weight excluding hydrogens is 285 g/mol. The van der Waals surface area contributed by atoms with Gasteiger partial charge < -0.3 is 4.98 Å². The summed E-state index contributed by atoms with van der Waals surface area (Å²) in [6.07, 6.45) is 1.76. The molecule has 0 spiro atoms. The maximum absolute atomic E-state index is 12.9. The highest BCUT2D eigenvalue weighted by molar-refractivity contribution is 8.00. The summed E-state index contributed by atoms with van der Waals surface area (Å²) in [6.45, 7) is 1.87. The average Bonchev–Trinajstić information content (AvgIpc) is 2.92. The van der Waals surface area contributed by atoms with E-state index in [0.717, 1.165) is 15.8 Å². The summed E-state index contributed by atoms with van der Waals surface area (Å²) >= 11 is 1.44. The average molecular weight is 299 g/mol. The molecular formula is C17H14FNOS. The number of ketones is 1. The van der Waals surface area contributed by atoms with Gasteiger partial charge in [-0.25, -0.2) is 4.39 Å². The second-order valence-corrected chi connectivity index (χ2v) is 6.24. The van der Waals surface area contributed by atoms with E-state index < -0.39 is 0 Å².